The van der Waals surface area contributed by atoms with E-state index in [1.54, 1.807) is 0 Å². The van der Waals surface area contributed by atoms with Crippen LogP contribution in [0.4, 0.5) is 5.69 Å². The van der Waals surface area contributed by atoms with E-state index >= 15 is 0 Å². The Morgan fingerprint density at radius 2 is 2.05 bits per heavy atom. The molecule has 0 bridgehead atoms. The van der Waals surface area contributed by atoms with Crippen molar-refractivity contribution in [2.45, 2.75) is 18.9 Å². The molecule has 4 heteroatoms. The van der Waals surface area contributed by atoms with E-state index in [2.05, 4.69) is 61.4 Å². The van der Waals surface area contributed by atoms with Crippen molar-refractivity contribution in [2.24, 2.45) is 0 Å². The fourth-order valence-electron chi connectivity index (χ4n) is 2.68. The minimum atomic E-state index is 0.267. The van der Waals surface area contributed by atoms with Gasteiger partial charge in [-0.2, -0.15) is 5.26 Å². The average Bonchev–Trinajstić information content (AvgIpc) is 2.84. The van der Waals surface area contributed by atoms with Gasteiger partial charge in [-0.25, -0.2) is 0 Å². The molecule has 0 radical (unpaired) electrons. The van der Waals surface area contributed by atoms with Crippen molar-refractivity contribution < 1.29 is 0 Å². The predicted molar refractivity (Wildman–Crippen MR) is 87.7 cm³/mol. The Bertz CT molecular complexity index is 704. The molecular formula is C16H12Br2N2. The zero-order chi connectivity index (χ0) is 14.1. The number of nitriles is 1. The SMILES string of the molecule is N#Cc1ccc(Br)cc1NC1CCc2c(Br)cccc21. The molecule has 100 valence electrons. The van der Waals surface area contributed by atoms with Crippen LogP contribution in [-0.4, -0.2) is 0 Å². The Kier molecular flexibility index (Phi) is 3.82. The molecule has 1 N–H and O–H groups in total. The van der Waals surface area contributed by atoms with Crippen LogP contribution in [0.25, 0.3) is 0 Å². The van der Waals surface area contributed by atoms with E-state index in [0.29, 0.717) is 5.56 Å². The summed E-state index contributed by atoms with van der Waals surface area (Å²) >= 11 is 7.07. The highest BCUT2D eigenvalue weighted by molar-refractivity contribution is 9.10. The maximum Gasteiger partial charge on any atom is 0.101 e. The van der Waals surface area contributed by atoms with E-state index in [9.17, 15) is 5.26 Å². The van der Waals surface area contributed by atoms with Crippen LogP contribution in [0, 0.1) is 11.3 Å². The Labute approximate surface area is 135 Å². The maximum absolute atomic E-state index is 9.21. The van der Waals surface area contributed by atoms with Crippen molar-refractivity contribution in [1.29, 1.82) is 5.26 Å². The van der Waals surface area contributed by atoms with E-state index in [-0.39, 0.29) is 6.04 Å². The molecule has 0 saturated carbocycles. The number of hydrogen-bond donors (Lipinski definition) is 1. The summed E-state index contributed by atoms with van der Waals surface area (Å²) in [7, 11) is 0. The molecule has 3 rings (SSSR count). The van der Waals surface area contributed by atoms with Crippen LogP contribution in [0.2, 0.25) is 0 Å². The third-order valence-corrected chi connectivity index (χ3v) is 4.88. The molecule has 0 aliphatic heterocycles. The number of rotatable bonds is 2. The number of nitrogens with one attached hydrogen (secondary N) is 1. The molecule has 0 saturated heterocycles. The maximum atomic E-state index is 9.21. The molecule has 1 aliphatic carbocycles. The van der Waals surface area contributed by atoms with E-state index in [0.717, 1.165) is 23.0 Å². The predicted octanol–water partition coefficient (Wildman–Crippen LogP) is 5.18. The Morgan fingerprint density at radius 3 is 2.85 bits per heavy atom. The van der Waals surface area contributed by atoms with Crippen LogP contribution < -0.4 is 5.32 Å². The third-order valence-electron chi connectivity index (χ3n) is 3.65. The van der Waals surface area contributed by atoms with Gasteiger partial charge in [0.15, 0.2) is 0 Å². The van der Waals surface area contributed by atoms with Crippen molar-refractivity contribution in [2.75, 3.05) is 5.32 Å². The monoisotopic (exact) mass is 390 g/mol. The van der Waals surface area contributed by atoms with Gasteiger partial charge in [0.2, 0.25) is 0 Å². The Morgan fingerprint density at radius 1 is 1.20 bits per heavy atom. The summed E-state index contributed by atoms with van der Waals surface area (Å²) in [6.45, 7) is 0. The summed E-state index contributed by atoms with van der Waals surface area (Å²) in [6.07, 6.45) is 2.11. The molecular weight excluding hydrogens is 380 g/mol. The lowest BCUT2D eigenvalue weighted by atomic mass is 10.1. The van der Waals surface area contributed by atoms with Gasteiger partial charge in [-0.1, -0.05) is 44.0 Å². The number of benzene rings is 2. The lowest BCUT2D eigenvalue weighted by molar-refractivity contribution is 0.761. The second-order valence-electron chi connectivity index (χ2n) is 4.84. The lowest BCUT2D eigenvalue weighted by Crippen LogP contribution is -2.08. The number of fused-ring (bicyclic) bond motifs is 1. The highest BCUT2D eigenvalue weighted by Crippen LogP contribution is 2.38. The number of anilines is 1. The molecule has 1 unspecified atom stereocenters. The van der Waals surface area contributed by atoms with Gasteiger partial charge >= 0.3 is 0 Å². The molecule has 2 aromatic rings. The van der Waals surface area contributed by atoms with Crippen LogP contribution in [0.3, 0.4) is 0 Å². The molecule has 1 aliphatic rings. The normalized spacial score (nSPS) is 16.6. The van der Waals surface area contributed by atoms with Crippen molar-refractivity contribution in [3.8, 4) is 6.07 Å². The molecule has 0 aromatic heterocycles. The van der Waals surface area contributed by atoms with Crippen LogP contribution >= 0.6 is 31.9 Å². The van der Waals surface area contributed by atoms with E-state index in [1.165, 1.54) is 15.6 Å². The van der Waals surface area contributed by atoms with Gasteiger partial charge in [0, 0.05) is 8.95 Å². The number of halogens is 2. The van der Waals surface area contributed by atoms with Crippen LogP contribution in [0.15, 0.2) is 45.3 Å². The van der Waals surface area contributed by atoms with Gasteiger partial charge in [-0.05, 0) is 48.2 Å². The van der Waals surface area contributed by atoms with E-state index < -0.39 is 0 Å². The van der Waals surface area contributed by atoms with E-state index in [1.807, 2.05) is 18.2 Å². The van der Waals surface area contributed by atoms with Gasteiger partial charge in [0.1, 0.15) is 6.07 Å². The molecule has 20 heavy (non-hydrogen) atoms. The second kappa shape index (κ2) is 5.59. The number of hydrogen-bond acceptors (Lipinski definition) is 2. The third kappa shape index (κ3) is 2.48. The summed E-state index contributed by atoms with van der Waals surface area (Å²) in [5, 5.41) is 12.7. The smallest absolute Gasteiger partial charge is 0.101 e. The summed E-state index contributed by atoms with van der Waals surface area (Å²) in [6, 6.07) is 14.5. The van der Waals surface area contributed by atoms with E-state index in [4.69, 9.17) is 0 Å². The molecule has 2 nitrogen and oxygen atoms in total. The van der Waals surface area contributed by atoms with Gasteiger partial charge < -0.3 is 5.32 Å². The van der Waals surface area contributed by atoms with Gasteiger partial charge in [0.25, 0.3) is 0 Å². The van der Waals surface area contributed by atoms with Crippen LogP contribution in [0.1, 0.15) is 29.2 Å². The highest BCUT2D eigenvalue weighted by atomic mass is 79.9. The molecule has 2 aromatic carbocycles. The van der Waals surface area contributed by atoms with Gasteiger partial charge in [0.05, 0.1) is 17.3 Å². The minimum absolute atomic E-state index is 0.267. The van der Waals surface area contributed by atoms with Gasteiger partial charge in [-0.3, -0.25) is 0 Å². The zero-order valence-corrected chi connectivity index (χ0v) is 13.8. The summed E-state index contributed by atoms with van der Waals surface area (Å²) < 4.78 is 2.15. The van der Waals surface area contributed by atoms with Crippen molar-refractivity contribution in [1.82, 2.24) is 0 Å². The molecule has 0 amide bonds. The zero-order valence-electron chi connectivity index (χ0n) is 10.7. The summed E-state index contributed by atoms with van der Waals surface area (Å²) in [5.41, 5.74) is 4.26. The molecule has 0 spiro atoms. The quantitative estimate of drug-likeness (QED) is 0.765. The average molecular weight is 392 g/mol. The second-order valence-corrected chi connectivity index (χ2v) is 6.61. The summed E-state index contributed by atoms with van der Waals surface area (Å²) in [5.74, 6) is 0. The number of nitrogens with zero attached hydrogens (tertiary/aromatic N) is 1. The molecule has 1 atom stereocenters. The topological polar surface area (TPSA) is 35.8 Å². The first-order valence-electron chi connectivity index (χ1n) is 6.42. The van der Waals surface area contributed by atoms with Crippen molar-refractivity contribution in [3.63, 3.8) is 0 Å². The van der Waals surface area contributed by atoms with Crippen molar-refractivity contribution >= 4 is 37.5 Å². The van der Waals surface area contributed by atoms with Gasteiger partial charge in [-0.15, -0.1) is 0 Å². The first-order valence-corrected chi connectivity index (χ1v) is 8.01. The molecule has 0 fully saturated rings. The minimum Gasteiger partial charge on any atom is -0.377 e. The van der Waals surface area contributed by atoms with Crippen LogP contribution in [0.5, 0.6) is 0 Å². The van der Waals surface area contributed by atoms with Crippen LogP contribution in [-0.2, 0) is 6.42 Å². The lowest BCUT2D eigenvalue weighted by Gasteiger charge is -2.17. The Balaban J connectivity index is 1.94. The summed E-state index contributed by atoms with van der Waals surface area (Å²) in [4.78, 5) is 0. The fraction of sp³-hybridized carbons (Fsp3) is 0.188. The largest absolute Gasteiger partial charge is 0.377 e. The Hall–Kier alpha value is -1.31. The highest BCUT2D eigenvalue weighted by Gasteiger charge is 2.24. The molecule has 0 heterocycles. The van der Waals surface area contributed by atoms with Crippen molar-refractivity contribution in [3.05, 3.63) is 62.0 Å². The first-order chi connectivity index (χ1) is 9.69. The first kappa shape index (κ1) is 13.7. The standard InChI is InChI=1S/C16H12Br2N2/c17-11-5-4-10(9-19)16(8-11)20-15-7-6-12-13(15)2-1-3-14(12)18/h1-5,8,15,20H,6-7H2. The fourth-order valence-corrected chi connectivity index (χ4v) is 3.62.